The molecule has 0 spiro atoms. The third-order valence-corrected chi connectivity index (χ3v) is 3.23. The molecule has 116 valence electrons. The van der Waals surface area contributed by atoms with Crippen LogP contribution in [0.1, 0.15) is 11.3 Å². The summed E-state index contributed by atoms with van der Waals surface area (Å²) in [5, 5.41) is 12.5. The summed E-state index contributed by atoms with van der Waals surface area (Å²) < 4.78 is 6.88. The van der Waals surface area contributed by atoms with Crippen LogP contribution in [0.4, 0.5) is 0 Å². The Morgan fingerprint density at radius 2 is 2.32 bits per heavy atom. The van der Waals surface area contributed by atoms with Crippen LogP contribution in [0.25, 0.3) is 6.08 Å². The number of carbonyl (C=O) groups is 1. The molecule has 0 unspecified atom stereocenters. The van der Waals surface area contributed by atoms with Crippen LogP contribution in [0, 0.1) is 0 Å². The van der Waals surface area contributed by atoms with Crippen molar-refractivity contribution in [2.24, 2.45) is 7.05 Å². The molecule has 0 atom stereocenters. The number of carbonyl (C=O) groups excluding carboxylic acids is 1. The highest BCUT2D eigenvalue weighted by molar-refractivity contribution is 5.91. The van der Waals surface area contributed by atoms with Gasteiger partial charge in [-0.2, -0.15) is 0 Å². The highest BCUT2D eigenvalue weighted by Gasteiger charge is 2.02. The first-order chi connectivity index (χ1) is 10.6. The van der Waals surface area contributed by atoms with Crippen molar-refractivity contribution in [3.63, 3.8) is 0 Å². The number of benzene rings is 1. The average molecular weight is 301 g/mol. The van der Waals surface area contributed by atoms with Gasteiger partial charge in [0.25, 0.3) is 0 Å². The van der Waals surface area contributed by atoms with E-state index in [9.17, 15) is 9.90 Å². The lowest BCUT2D eigenvalue weighted by Crippen LogP contribution is -2.24. The minimum absolute atomic E-state index is 0.0428. The zero-order chi connectivity index (χ0) is 15.9. The molecule has 1 heterocycles. The second-order valence-electron chi connectivity index (χ2n) is 4.80. The second kappa shape index (κ2) is 7.31. The normalized spacial score (nSPS) is 10.8. The Morgan fingerprint density at radius 1 is 1.50 bits per heavy atom. The topological polar surface area (TPSA) is 76.4 Å². The molecule has 1 aromatic heterocycles. The first kappa shape index (κ1) is 15.6. The Morgan fingerprint density at radius 3 is 2.95 bits per heavy atom. The minimum atomic E-state index is -0.183. The molecule has 0 radical (unpaired) electrons. The van der Waals surface area contributed by atoms with Crippen LogP contribution in [0.15, 0.2) is 36.8 Å². The van der Waals surface area contributed by atoms with Crippen LogP contribution in [-0.4, -0.2) is 34.2 Å². The third kappa shape index (κ3) is 4.12. The van der Waals surface area contributed by atoms with Gasteiger partial charge in [0.05, 0.1) is 13.4 Å². The Balaban J connectivity index is 1.83. The summed E-state index contributed by atoms with van der Waals surface area (Å²) in [5.74, 6) is 0.261. The summed E-state index contributed by atoms with van der Waals surface area (Å²) in [4.78, 5) is 15.8. The van der Waals surface area contributed by atoms with Crippen molar-refractivity contribution in [2.45, 2.75) is 6.42 Å². The maximum absolute atomic E-state index is 11.7. The van der Waals surface area contributed by atoms with Gasteiger partial charge in [-0.1, -0.05) is 6.07 Å². The van der Waals surface area contributed by atoms with Gasteiger partial charge in [-0.05, 0) is 23.8 Å². The van der Waals surface area contributed by atoms with Gasteiger partial charge in [-0.25, -0.2) is 4.98 Å². The summed E-state index contributed by atoms with van der Waals surface area (Å²) in [5.41, 5.74) is 1.78. The van der Waals surface area contributed by atoms with Crippen LogP contribution in [0.2, 0.25) is 0 Å². The van der Waals surface area contributed by atoms with Gasteiger partial charge in [0.2, 0.25) is 5.91 Å². The van der Waals surface area contributed by atoms with Crippen molar-refractivity contribution < 1.29 is 14.6 Å². The summed E-state index contributed by atoms with van der Waals surface area (Å²) >= 11 is 0. The number of hydrogen-bond donors (Lipinski definition) is 2. The fourth-order valence-electron chi connectivity index (χ4n) is 1.98. The number of aromatic nitrogens is 2. The predicted octanol–water partition coefficient (Wildman–Crippen LogP) is 1.51. The van der Waals surface area contributed by atoms with E-state index in [0.717, 1.165) is 17.7 Å². The number of amides is 1. The number of aromatic hydroxyl groups is 1. The number of hydrogen-bond acceptors (Lipinski definition) is 4. The lowest BCUT2D eigenvalue weighted by Gasteiger charge is -2.04. The van der Waals surface area contributed by atoms with E-state index in [2.05, 4.69) is 10.3 Å². The summed E-state index contributed by atoms with van der Waals surface area (Å²) in [6, 6.07) is 4.95. The van der Waals surface area contributed by atoms with Gasteiger partial charge < -0.3 is 19.7 Å². The molecule has 0 aliphatic rings. The van der Waals surface area contributed by atoms with Gasteiger partial charge in [0.15, 0.2) is 11.5 Å². The molecule has 0 aliphatic heterocycles. The molecular weight excluding hydrogens is 282 g/mol. The fraction of sp³-hybridized carbons (Fsp3) is 0.250. The van der Waals surface area contributed by atoms with Gasteiger partial charge in [0, 0.05) is 38.0 Å². The van der Waals surface area contributed by atoms with E-state index in [1.807, 2.05) is 11.6 Å². The largest absolute Gasteiger partial charge is 0.504 e. The van der Waals surface area contributed by atoms with Crippen LogP contribution in [0.5, 0.6) is 11.5 Å². The Bertz CT molecular complexity index is 677. The Hall–Kier alpha value is -2.76. The van der Waals surface area contributed by atoms with Crippen LogP contribution < -0.4 is 10.1 Å². The van der Waals surface area contributed by atoms with Crippen molar-refractivity contribution in [3.8, 4) is 11.5 Å². The van der Waals surface area contributed by atoms with E-state index in [-0.39, 0.29) is 11.7 Å². The number of methoxy groups -OCH3 is 1. The van der Waals surface area contributed by atoms with E-state index < -0.39 is 0 Å². The summed E-state index contributed by atoms with van der Waals surface area (Å²) in [6.45, 7) is 0.538. The molecule has 0 aliphatic carbocycles. The maximum Gasteiger partial charge on any atom is 0.244 e. The Kier molecular flexibility index (Phi) is 5.19. The molecule has 22 heavy (non-hydrogen) atoms. The molecule has 0 fully saturated rings. The van der Waals surface area contributed by atoms with Gasteiger partial charge >= 0.3 is 0 Å². The first-order valence-corrected chi connectivity index (χ1v) is 6.88. The van der Waals surface area contributed by atoms with E-state index in [1.54, 1.807) is 30.7 Å². The first-order valence-electron chi connectivity index (χ1n) is 6.88. The number of nitrogens with one attached hydrogen (secondary N) is 1. The number of ether oxygens (including phenoxy) is 1. The zero-order valence-electron chi connectivity index (χ0n) is 12.6. The smallest absolute Gasteiger partial charge is 0.244 e. The summed E-state index contributed by atoms with van der Waals surface area (Å²) in [6.07, 6.45) is 7.30. The predicted molar refractivity (Wildman–Crippen MR) is 83.6 cm³/mol. The number of nitrogens with zero attached hydrogens (tertiary/aromatic N) is 2. The average Bonchev–Trinajstić information content (AvgIpc) is 2.91. The van der Waals surface area contributed by atoms with Crippen LogP contribution in [-0.2, 0) is 18.3 Å². The number of rotatable bonds is 6. The van der Waals surface area contributed by atoms with E-state index in [0.29, 0.717) is 12.3 Å². The van der Waals surface area contributed by atoms with E-state index in [4.69, 9.17) is 4.74 Å². The van der Waals surface area contributed by atoms with Crippen LogP contribution >= 0.6 is 0 Å². The second-order valence-corrected chi connectivity index (χ2v) is 4.80. The number of phenols is 1. The highest BCUT2D eigenvalue weighted by Crippen LogP contribution is 2.26. The third-order valence-electron chi connectivity index (χ3n) is 3.23. The zero-order valence-corrected chi connectivity index (χ0v) is 12.6. The number of aryl methyl sites for hydroxylation is 1. The van der Waals surface area contributed by atoms with E-state index >= 15 is 0 Å². The molecule has 2 N–H and O–H groups in total. The van der Waals surface area contributed by atoms with Gasteiger partial charge in [-0.15, -0.1) is 0 Å². The van der Waals surface area contributed by atoms with Crippen molar-refractivity contribution >= 4 is 12.0 Å². The lowest BCUT2D eigenvalue weighted by atomic mass is 10.2. The maximum atomic E-state index is 11.7. The van der Waals surface area contributed by atoms with Gasteiger partial charge in [0.1, 0.15) is 0 Å². The molecule has 2 aromatic rings. The monoisotopic (exact) mass is 301 g/mol. The Labute approximate surface area is 129 Å². The highest BCUT2D eigenvalue weighted by atomic mass is 16.5. The molecule has 0 bridgehead atoms. The quantitative estimate of drug-likeness (QED) is 0.793. The SMILES string of the molecule is COc1ccc(/C=C/C(=O)NCCc2cncn2C)cc1O. The summed E-state index contributed by atoms with van der Waals surface area (Å²) in [7, 11) is 3.40. The molecule has 1 aromatic carbocycles. The van der Waals surface area contributed by atoms with Crippen LogP contribution in [0.3, 0.4) is 0 Å². The minimum Gasteiger partial charge on any atom is -0.504 e. The van der Waals surface area contributed by atoms with Gasteiger partial charge in [-0.3, -0.25) is 4.79 Å². The number of imidazole rings is 1. The molecule has 2 rings (SSSR count). The molecular formula is C16H19N3O3. The molecule has 6 heteroatoms. The standard InChI is InChI=1S/C16H19N3O3/c1-19-11-17-10-13(19)7-8-18-16(21)6-4-12-3-5-15(22-2)14(20)9-12/h3-6,9-11,20H,7-8H2,1-2H3,(H,18,21)/b6-4+. The van der Waals surface area contributed by atoms with Crippen molar-refractivity contribution in [1.82, 2.24) is 14.9 Å². The van der Waals surface area contributed by atoms with Crippen molar-refractivity contribution in [3.05, 3.63) is 48.1 Å². The van der Waals surface area contributed by atoms with Crippen molar-refractivity contribution in [2.75, 3.05) is 13.7 Å². The molecule has 0 saturated heterocycles. The fourth-order valence-corrected chi connectivity index (χ4v) is 1.98. The molecule has 1 amide bonds. The number of phenolic OH excluding ortho intramolecular Hbond substituents is 1. The molecule has 0 saturated carbocycles. The lowest BCUT2D eigenvalue weighted by molar-refractivity contribution is -0.116. The van der Waals surface area contributed by atoms with E-state index in [1.165, 1.54) is 19.3 Å². The molecule has 6 nitrogen and oxygen atoms in total. The van der Waals surface area contributed by atoms with Crippen molar-refractivity contribution in [1.29, 1.82) is 0 Å².